The number of hydrogen-bond acceptors (Lipinski definition) is 3. The Morgan fingerprint density at radius 1 is 1.32 bits per heavy atom. The van der Waals surface area contributed by atoms with Crippen LogP contribution < -0.4 is 16.0 Å². The van der Waals surface area contributed by atoms with Crippen molar-refractivity contribution >= 4 is 17.5 Å². The summed E-state index contributed by atoms with van der Waals surface area (Å²) in [6.07, 6.45) is -3.76. The minimum Gasteiger partial charge on any atom is -0.347 e. The van der Waals surface area contributed by atoms with Gasteiger partial charge >= 0.3 is 6.18 Å². The maximum Gasteiger partial charge on any atom is 0.416 e. The molecule has 120 valence electrons. The van der Waals surface area contributed by atoms with Crippen LogP contribution in [0.15, 0.2) is 24.3 Å². The molecule has 0 spiro atoms. The summed E-state index contributed by atoms with van der Waals surface area (Å²) in [6, 6.07) is 4.34. The summed E-state index contributed by atoms with van der Waals surface area (Å²) in [7, 11) is 0. The van der Waals surface area contributed by atoms with Crippen molar-refractivity contribution in [3.63, 3.8) is 0 Å². The van der Waals surface area contributed by atoms with Gasteiger partial charge in [-0.15, -0.1) is 0 Å². The highest BCUT2D eigenvalue weighted by molar-refractivity contribution is 5.94. The first-order valence-electron chi connectivity index (χ1n) is 6.82. The number of halogens is 3. The molecule has 1 aromatic carbocycles. The predicted octanol–water partition coefficient (Wildman–Crippen LogP) is 1.37. The van der Waals surface area contributed by atoms with Crippen LogP contribution in [0, 0.1) is 5.92 Å². The van der Waals surface area contributed by atoms with Gasteiger partial charge in [-0.3, -0.25) is 9.59 Å². The molecule has 3 N–H and O–H groups in total. The summed E-state index contributed by atoms with van der Waals surface area (Å²) in [5, 5.41) is 7.84. The molecule has 1 unspecified atom stereocenters. The lowest BCUT2D eigenvalue weighted by Crippen LogP contribution is -2.37. The monoisotopic (exact) mass is 315 g/mol. The molecule has 2 rings (SSSR count). The van der Waals surface area contributed by atoms with Crippen molar-refractivity contribution in [1.29, 1.82) is 0 Å². The molecule has 0 aliphatic carbocycles. The van der Waals surface area contributed by atoms with E-state index in [0.29, 0.717) is 13.0 Å². The molecule has 1 aromatic rings. The van der Waals surface area contributed by atoms with E-state index in [1.165, 1.54) is 12.1 Å². The van der Waals surface area contributed by atoms with Crippen molar-refractivity contribution in [1.82, 2.24) is 10.6 Å². The van der Waals surface area contributed by atoms with E-state index in [1.807, 2.05) is 0 Å². The number of amides is 2. The van der Waals surface area contributed by atoms with Crippen molar-refractivity contribution in [2.75, 3.05) is 25.0 Å². The number of hydrogen-bond donors (Lipinski definition) is 3. The van der Waals surface area contributed by atoms with Gasteiger partial charge in [0.05, 0.1) is 18.0 Å². The molecule has 1 saturated heterocycles. The zero-order chi connectivity index (χ0) is 16.2. The summed E-state index contributed by atoms with van der Waals surface area (Å²) in [5.74, 6) is -0.968. The van der Waals surface area contributed by atoms with Crippen LogP contribution in [0.1, 0.15) is 12.0 Å². The average molecular weight is 315 g/mol. The summed E-state index contributed by atoms with van der Waals surface area (Å²) >= 11 is 0. The van der Waals surface area contributed by atoms with Crippen LogP contribution in [0.5, 0.6) is 0 Å². The SMILES string of the molecule is O=C(CNC(=O)C1CCNC1)Nc1cccc(C(F)(F)F)c1. The average Bonchev–Trinajstić information content (AvgIpc) is 2.98. The van der Waals surface area contributed by atoms with Crippen LogP contribution in [0.3, 0.4) is 0 Å². The third kappa shape index (κ3) is 4.45. The molecule has 5 nitrogen and oxygen atoms in total. The number of alkyl halides is 3. The van der Waals surface area contributed by atoms with Gasteiger partial charge in [-0.05, 0) is 31.2 Å². The maximum atomic E-state index is 12.6. The van der Waals surface area contributed by atoms with Crippen LogP contribution in [0.25, 0.3) is 0 Å². The second-order valence-corrected chi connectivity index (χ2v) is 5.03. The van der Waals surface area contributed by atoms with E-state index in [-0.39, 0.29) is 24.1 Å². The minimum atomic E-state index is -4.47. The van der Waals surface area contributed by atoms with Crippen LogP contribution in [0.4, 0.5) is 18.9 Å². The largest absolute Gasteiger partial charge is 0.416 e. The molecule has 22 heavy (non-hydrogen) atoms. The lowest BCUT2D eigenvalue weighted by atomic mass is 10.1. The van der Waals surface area contributed by atoms with Crippen LogP contribution in [-0.2, 0) is 15.8 Å². The minimum absolute atomic E-state index is 0.0385. The Balaban J connectivity index is 1.85. The van der Waals surface area contributed by atoms with Crippen LogP contribution in [-0.4, -0.2) is 31.4 Å². The second kappa shape index (κ2) is 6.78. The maximum absolute atomic E-state index is 12.6. The third-order valence-corrected chi connectivity index (χ3v) is 3.33. The molecule has 0 bridgehead atoms. The molecular weight excluding hydrogens is 299 g/mol. The number of anilines is 1. The van der Waals surface area contributed by atoms with Gasteiger partial charge in [-0.1, -0.05) is 6.07 Å². The first-order valence-corrected chi connectivity index (χ1v) is 6.82. The van der Waals surface area contributed by atoms with Crippen LogP contribution in [0.2, 0.25) is 0 Å². The van der Waals surface area contributed by atoms with Gasteiger partial charge in [0.15, 0.2) is 0 Å². The fourth-order valence-electron chi connectivity index (χ4n) is 2.17. The molecule has 0 radical (unpaired) electrons. The van der Waals surface area contributed by atoms with E-state index in [2.05, 4.69) is 16.0 Å². The highest BCUT2D eigenvalue weighted by Gasteiger charge is 2.30. The lowest BCUT2D eigenvalue weighted by Gasteiger charge is -2.11. The van der Waals surface area contributed by atoms with Gasteiger partial charge in [-0.25, -0.2) is 0 Å². The normalized spacial score (nSPS) is 18.0. The summed E-state index contributed by atoms with van der Waals surface area (Å²) in [4.78, 5) is 23.4. The lowest BCUT2D eigenvalue weighted by molar-refractivity contribution is -0.137. The molecule has 0 saturated carbocycles. The quantitative estimate of drug-likeness (QED) is 0.786. The van der Waals surface area contributed by atoms with Gasteiger partial charge in [0.25, 0.3) is 0 Å². The number of rotatable bonds is 4. The Hall–Kier alpha value is -2.09. The van der Waals surface area contributed by atoms with Crippen molar-refractivity contribution in [2.45, 2.75) is 12.6 Å². The zero-order valence-electron chi connectivity index (χ0n) is 11.7. The second-order valence-electron chi connectivity index (χ2n) is 5.03. The van der Waals surface area contributed by atoms with Gasteiger partial charge in [0, 0.05) is 12.2 Å². The molecule has 0 aromatic heterocycles. The van der Waals surface area contributed by atoms with Crippen molar-refractivity contribution in [2.24, 2.45) is 5.92 Å². The summed E-state index contributed by atoms with van der Waals surface area (Å²) < 4.78 is 37.7. The summed E-state index contributed by atoms with van der Waals surface area (Å²) in [6.45, 7) is 1.06. The molecule has 1 fully saturated rings. The highest BCUT2D eigenvalue weighted by Crippen LogP contribution is 2.30. The molecule has 8 heteroatoms. The molecule has 1 aliphatic heterocycles. The van der Waals surface area contributed by atoms with E-state index in [9.17, 15) is 22.8 Å². The van der Waals surface area contributed by atoms with E-state index in [1.54, 1.807) is 0 Å². The van der Waals surface area contributed by atoms with Gasteiger partial charge in [0.1, 0.15) is 0 Å². The Morgan fingerprint density at radius 2 is 2.09 bits per heavy atom. The first-order chi connectivity index (χ1) is 10.4. The van der Waals surface area contributed by atoms with Gasteiger partial charge in [0.2, 0.25) is 11.8 Å². The highest BCUT2D eigenvalue weighted by atomic mass is 19.4. The number of carbonyl (C=O) groups excluding carboxylic acids is 2. The van der Waals surface area contributed by atoms with E-state index >= 15 is 0 Å². The van der Waals surface area contributed by atoms with Crippen LogP contribution >= 0.6 is 0 Å². The Bertz CT molecular complexity index is 555. The predicted molar refractivity (Wildman–Crippen MR) is 74.1 cm³/mol. The molecule has 1 heterocycles. The fraction of sp³-hybridized carbons (Fsp3) is 0.429. The Kier molecular flexibility index (Phi) is 5.02. The Morgan fingerprint density at radius 3 is 2.73 bits per heavy atom. The summed E-state index contributed by atoms with van der Waals surface area (Å²) in [5.41, 5.74) is -0.803. The number of benzene rings is 1. The zero-order valence-corrected chi connectivity index (χ0v) is 11.7. The molecule has 1 aliphatic rings. The van der Waals surface area contributed by atoms with Crippen molar-refractivity contribution in [3.8, 4) is 0 Å². The molecule has 2 amide bonds. The molecular formula is C14H16F3N3O2. The van der Waals surface area contributed by atoms with E-state index in [4.69, 9.17) is 0 Å². The fourth-order valence-corrected chi connectivity index (χ4v) is 2.17. The smallest absolute Gasteiger partial charge is 0.347 e. The number of nitrogens with one attached hydrogen (secondary N) is 3. The molecule has 1 atom stereocenters. The van der Waals surface area contributed by atoms with Crippen molar-refractivity contribution in [3.05, 3.63) is 29.8 Å². The first kappa shape index (κ1) is 16.3. The van der Waals surface area contributed by atoms with E-state index < -0.39 is 17.6 Å². The topological polar surface area (TPSA) is 70.2 Å². The Labute approximate surface area is 125 Å². The third-order valence-electron chi connectivity index (χ3n) is 3.33. The van der Waals surface area contributed by atoms with Gasteiger partial charge in [-0.2, -0.15) is 13.2 Å². The standard InChI is InChI=1S/C14H16F3N3O2/c15-14(16,17)10-2-1-3-11(6-10)20-12(21)8-19-13(22)9-4-5-18-7-9/h1-3,6,9,18H,4-5,7-8H2,(H,19,22)(H,20,21). The van der Waals surface area contributed by atoms with E-state index in [0.717, 1.165) is 18.7 Å². The van der Waals surface area contributed by atoms with Gasteiger partial charge < -0.3 is 16.0 Å². The number of carbonyl (C=O) groups is 2. The van der Waals surface area contributed by atoms with Crippen molar-refractivity contribution < 1.29 is 22.8 Å².